The van der Waals surface area contributed by atoms with Gasteiger partial charge in [-0.2, -0.15) is 61.1 Å². The molecule has 25 heavy (non-hydrogen) atoms. The summed E-state index contributed by atoms with van der Waals surface area (Å²) >= 11 is 0. The van der Waals surface area contributed by atoms with Crippen molar-refractivity contribution in [2.24, 2.45) is 0 Å². The van der Waals surface area contributed by atoms with E-state index < -0.39 is 52.8 Å². The van der Waals surface area contributed by atoms with Crippen molar-refractivity contribution in [1.82, 2.24) is 3.93 Å². The van der Waals surface area contributed by atoms with Crippen LogP contribution < -0.4 is 0 Å². The Morgan fingerprint density at radius 3 is 1.12 bits per heavy atom. The molecule has 152 valence electrons. The van der Waals surface area contributed by atoms with Crippen LogP contribution in [-0.2, 0) is 20.0 Å². The Morgan fingerprint density at radius 1 is 0.560 bits per heavy atom. The number of sulfonamides is 2. The number of nitrogens with zero attached hydrogens (tertiary/aromatic N) is 1. The summed E-state index contributed by atoms with van der Waals surface area (Å²) in [7, 11) is -16.6. The molecule has 0 aliphatic heterocycles. The molecule has 0 aliphatic carbocycles. The summed E-state index contributed by atoms with van der Waals surface area (Å²) in [6, 6.07) is 0. The Labute approximate surface area is 128 Å². The van der Waals surface area contributed by atoms with Gasteiger partial charge in [0.1, 0.15) is 0 Å². The first kappa shape index (κ1) is 23.9. The highest BCUT2D eigenvalue weighted by Crippen LogP contribution is 2.55. The molecular weight excluding hydrogens is 449 g/mol. The van der Waals surface area contributed by atoms with E-state index >= 15 is 0 Å². The second-order valence-corrected chi connectivity index (χ2v) is 7.52. The molecule has 0 N–H and O–H groups in total. The fourth-order valence-corrected chi connectivity index (χ4v) is 3.19. The topological polar surface area (TPSA) is 71.5 Å². The van der Waals surface area contributed by atoms with Crippen molar-refractivity contribution in [1.29, 1.82) is 0 Å². The van der Waals surface area contributed by atoms with E-state index in [9.17, 15) is 74.0 Å². The van der Waals surface area contributed by atoms with E-state index in [-0.39, 0.29) is 0 Å². The zero-order valence-corrected chi connectivity index (χ0v) is 11.9. The third-order valence-electron chi connectivity index (χ3n) is 2.11. The van der Waals surface area contributed by atoms with E-state index in [1.807, 2.05) is 0 Å². The molecule has 0 amide bonds. The molecule has 0 aromatic rings. The van der Waals surface area contributed by atoms with Gasteiger partial charge in [-0.15, -0.1) is 4.48 Å². The van der Waals surface area contributed by atoms with E-state index in [2.05, 4.69) is 0 Å². The maximum absolute atomic E-state index is 12.9. The molecule has 0 unspecified atom stereocenters. The zero-order valence-electron chi connectivity index (χ0n) is 10.3. The van der Waals surface area contributed by atoms with Gasteiger partial charge in [-0.3, -0.25) is 0 Å². The van der Waals surface area contributed by atoms with Crippen LogP contribution in [0.1, 0.15) is 0 Å². The molecule has 0 saturated heterocycles. The lowest BCUT2D eigenvalue weighted by Crippen LogP contribution is -2.65. The lowest BCUT2D eigenvalue weighted by atomic mass is 10.1. The molecule has 0 aromatic heterocycles. The summed E-state index contributed by atoms with van der Waals surface area (Å²) < 4.78 is 197. The number of hydrogen-bond donors (Lipinski definition) is 0. The Hall–Kier alpha value is -1.05. The van der Waals surface area contributed by atoms with Gasteiger partial charge in [-0.25, -0.2) is 8.42 Å². The average molecular weight is 449 g/mol. The quantitative estimate of drug-likeness (QED) is 0.478. The first-order valence-corrected chi connectivity index (χ1v) is 7.51. The predicted octanol–water partition coefficient (Wildman–Crippen LogP) is 2.78. The van der Waals surface area contributed by atoms with Crippen LogP contribution in [0.2, 0.25) is 0 Å². The highest BCUT2D eigenvalue weighted by molar-refractivity contribution is 8.04. The van der Waals surface area contributed by atoms with Crippen LogP contribution in [0.25, 0.3) is 0 Å². The van der Waals surface area contributed by atoms with Gasteiger partial charge < -0.3 is 0 Å². The van der Waals surface area contributed by atoms with Gasteiger partial charge in [0.05, 0.1) is 3.93 Å². The lowest BCUT2D eigenvalue weighted by molar-refractivity contribution is -0.382. The Kier molecular flexibility index (Phi) is 5.48. The van der Waals surface area contributed by atoms with Crippen LogP contribution in [0.15, 0.2) is 0 Å². The summed E-state index contributed by atoms with van der Waals surface area (Å²) in [6.45, 7) is 0. The van der Waals surface area contributed by atoms with E-state index in [0.717, 1.165) is 0 Å². The Balaban J connectivity index is 6.54. The van der Waals surface area contributed by atoms with E-state index in [1.165, 1.54) is 0 Å². The predicted molar refractivity (Wildman–Crippen MR) is 47.7 cm³/mol. The monoisotopic (exact) mass is 449 g/mol. The number of halogens is 13. The Bertz CT molecular complexity index is 716. The van der Waals surface area contributed by atoms with Crippen molar-refractivity contribution in [3.63, 3.8) is 0 Å². The van der Waals surface area contributed by atoms with Gasteiger partial charge in [-0.05, 0) is 0 Å². The minimum absolute atomic E-state index is 3.97. The molecule has 0 heterocycles. The van der Waals surface area contributed by atoms with Crippen LogP contribution in [0.4, 0.5) is 57.2 Å². The molecule has 0 saturated carbocycles. The molecule has 20 heteroatoms. The molecule has 0 aromatic carbocycles. The van der Waals surface area contributed by atoms with Crippen molar-refractivity contribution >= 4 is 20.0 Å². The average Bonchev–Trinajstić information content (AvgIpc) is 2.34. The minimum Gasteiger partial charge on any atom is -0.202 e. The third kappa shape index (κ3) is 3.22. The maximum atomic E-state index is 12.9. The van der Waals surface area contributed by atoms with Crippen molar-refractivity contribution in [3.05, 3.63) is 0 Å². The van der Waals surface area contributed by atoms with Gasteiger partial charge in [0, 0.05) is 0 Å². The SMILES string of the molecule is O=S(=O)(N(F)S(=O)(=O)C(F)(F)C(F)(F)C(F)(F)C(F)(F)F)C(F)(F)F. The van der Waals surface area contributed by atoms with Crippen LogP contribution >= 0.6 is 0 Å². The van der Waals surface area contributed by atoms with Crippen LogP contribution in [0.3, 0.4) is 0 Å². The summed E-state index contributed by atoms with van der Waals surface area (Å²) in [5.41, 5.74) is -7.06. The summed E-state index contributed by atoms with van der Waals surface area (Å²) in [4.78, 5) is 0. The summed E-state index contributed by atoms with van der Waals surface area (Å²) in [5.74, 6) is -16.0. The zero-order chi connectivity index (χ0) is 21.1. The fraction of sp³-hybridized carbons (Fsp3) is 1.00. The fourth-order valence-electron chi connectivity index (χ4n) is 0.823. The van der Waals surface area contributed by atoms with E-state index in [1.54, 1.807) is 0 Å². The Morgan fingerprint density at radius 2 is 0.880 bits per heavy atom. The number of alkyl halides is 12. The highest BCUT2D eigenvalue weighted by Gasteiger charge is 2.87. The highest BCUT2D eigenvalue weighted by atomic mass is 32.3. The molecule has 0 spiro atoms. The van der Waals surface area contributed by atoms with Crippen molar-refractivity contribution in [3.8, 4) is 0 Å². The second kappa shape index (κ2) is 5.72. The van der Waals surface area contributed by atoms with Crippen LogP contribution in [-0.4, -0.2) is 49.6 Å². The maximum Gasteiger partial charge on any atom is 0.515 e. The molecule has 0 atom stereocenters. The molecular formula is C5F13NO4S2. The number of rotatable bonds is 5. The third-order valence-corrected chi connectivity index (χ3v) is 5.53. The van der Waals surface area contributed by atoms with Gasteiger partial charge in [0.15, 0.2) is 0 Å². The van der Waals surface area contributed by atoms with E-state index in [4.69, 9.17) is 0 Å². The van der Waals surface area contributed by atoms with Crippen molar-refractivity contribution in [2.75, 3.05) is 0 Å². The second-order valence-electron chi connectivity index (χ2n) is 3.77. The summed E-state index contributed by atoms with van der Waals surface area (Å²) in [6.07, 6.45) is -7.58. The lowest BCUT2D eigenvalue weighted by Gasteiger charge is -2.33. The molecule has 0 radical (unpaired) electrons. The van der Waals surface area contributed by atoms with Gasteiger partial charge in [-0.1, -0.05) is 0 Å². The summed E-state index contributed by atoms with van der Waals surface area (Å²) in [5, 5.41) is -7.98. The normalized spacial score (nSPS) is 16.4. The first-order chi connectivity index (χ1) is 10.4. The van der Waals surface area contributed by atoms with Crippen LogP contribution in [0, 0.1) is 0 Å². The van der Waals surface area contributed by atoms with Gasteiger partial charge in [0.25, 0.3) is 0 Å². The molecule has 0 rings (SSSR count). The first-order valence-electron chi connectivity index (χ1n) is 4.63. The van der Waals surface area contributed by atoms with Gasteiger partial charge in [0.2, 0.25) is 0 Å². The number of hydrogen-bond acceptors (Lipinski definition) is 4. The largest absolute Gasteiger partial charge is 0.515 e. The van der Waals surface area contributed by atoms with Gasteiger partial charge >= 0.3 is 48.8 Å². The smallest absolute Gasteiger partial charge is 0.202 e. The van der Waals surface area contributed by atoms with Crippen molar-refractivity contribution in [2.45, 2.75) is 28.8 Å². The van der Waals surface area contributed by atoms with E-state index in [0.29, 0.717) is 0 Å². The minimum atomic E-state index is -8.59. The van der Waals surface area contributed by atoms with Crippen molar-refractivity contribution < 1.29 is 74.0 Å². The molecule has 0 bridgehead atoms. The molecule has 0 fully saturated rings. The molecule has 0 aliphatic rings. The molecule has 5 nitrogen and oxygen atoms in total. The standard InChI is InChI=1S/C5F13NO4S2/c6-1(7,3(10,11)12)2(8,9)4(13,14)24(20,21)19(18)25(22,23)5(15,16)17. The van der Waals surface area contributed by atoms with Crippen LogP contribution in [0.5, 0.6) is 0 Å².